The van der Waals surface area contributed by atoms with Crippen molar-refractivity contribution in [1.29, 1.82) is 0 Å². The SMILES string of the molecule is C.CCCCCCCCCCCCCCCNC(=O)CCN(CCC(=O)NCCCCCCCCCCCCCCC)CCC1CCCC1.CCCCCCCCCCCCCCCNC(=O)CCNCCC1CCCC1. The molecule has 2 fully saturated rings. The van der Waals surface area contributed by atoms with Crippen LogP contribution >= 0.6 is 0 Å². The van der Waals surface area contributed by atoms with Crippen molar-refractivity contribution >= 4 is 17.7 Å². The largest absolute Gasteiger partial charge is 0.356 e. The van der Waals surface area contributed by atoms with Crippen LogP contribution in [0.5, 0.6) is 0 Å². The van der Waals surface area contributed by atoms with Crippen LogP contribution in [0.25, 0.3) is 0 Å². The third kappa shape index (κ3) is 56.0. The zero-order valence-electron chi connectivity index (χ0n) is 51.8. The van der Waals surface area contributed by atoms with Gasteiger partial charge in [-0.15, -0.1) is 0 Å². The summed E-state index contributed by atoms with van der Waals surface area (Å²) in [7, 11) is 0. The van der Waals surface area contributed by atoms with Gasteiger partial charge in [0.1, 0.15) is 0 Å². The van der Waals surface area contributed by atoms with E-state index in [0.717, 1.165) is 83.5 Å². The van der Waals surface area contributed by atoms with Crippen molar-refractivity contribution in [2.45, 2.75) is 362 Å². The minimum Gasteiger partial charge on any atom is -0.356 e. The Bertz CT molecular complexity index is 1160. The molecule has 2 saturated carbocycles. The molecule has 0 aliphatic heterocycles. The standard InChI is InChI=1S/C43H85N3O2.C25H50N2O.CH4/c1-3-5-7-9-11-13-15-17-19-21-23-25-29-36-44-42(47)34-39-46(38-33-41-31-27-28-32-41)40-35-43(48)45-37-30-26-24-22-20-18-16-14-12-10-8-6-4-2;1-2-3-4-5-6-7-8-9-10-11-12-13-16-21-27-25(28)20-23-26-22-19-24-17-14-15-18-24;/h41H,3-40H2,1-2H3,(H,44,47)(H,45,48);24,26H,2-23H2,1H3,(H,27,28);1H4. The lowest BCUT2D eigenvalue weighted by Crippen LogP contribution is -2.35. The lowest BCUT2D eigenvalue weighted by Gasteiger charge is -2.23. The summed E-state index contributed by atoms with van der Waals surface area (Å²) in [5.74, 6) is 2.34. The molecule has 458 valence electrons. The van der Waals surface area contributed by atoms with Crippen molar-refractivity contribution in [2.75, 3.05) is 52.4 Å². The molecular weight excluding hydrogens is 947 g/mol. The van der Waals surface area contributed by atoms with Crippen LogP contribution in [0.15, 0.2) is 0 Å². The average molecular weight is 1090 g/mol. The van der Waals surface area contributed by atoms with E-state index in [9.17, 15) is 14.4 Å². The normalized spacial score (nSPS) is 13.7. The van der Waals surface area contributed by atoms with Gasteiger partial charge in [0, 0.05) is 58.5 Å². The van der Waals surface area contributed by atoms with Gasteiger partial charge in [0.15, 0.2) is 0 Å². The Morgan fingerprint density at radius 3 is 0.870 bits per heavy atom. The number of amides is 3. The molecule has 2 rings (SSSR count). The maximum atomic E-state index is 12.6. The fourth-order valence-corrected chi connectivity index (χ4v) is 11.8. The van der Waals surface area contributed by atoms with Crippen molar-refractivity contribution in [3.05, 3.63) is 0 Å². The summed E-state index contributed by atoms with van der Waals surface area (Å²) in [6.07, 6.45) is 68.3. The topological polar surface area (TPSA) is 103 Å². The van der Waals surface area contributed by atoms with Gasteiger partial charge in [0.25, 0.3) is 0 Å². The van der Waals surface area contributed by atoms with E-state index in [2.05, 4.69) is 46.9 Å². The van der Waals surface area contributed by atoms with E-state index in [0.29, 0.717) is 19.3 Å². The first-order valence-electron chi connectivity index (χ1n) is 34.7. The first kappa shape index (κ1) is 75.3. The lowest BCUT2D eigenvalue weighted by molar-refractivity contribution is -0.122. The molecule has 0 unspecified atom stereocenters. The Hall–Kier alpha value is -1.67. The molecule has 3 amide bonds. The maximum Gasteiger partial charge on any atom is 0.221 e. The molecule has 0 bridgehead atoms. The summed E-state index contributed by atoms with van der Waals surface area (Å²) >= 11 is 0. The summed E-state index contributed by atoms with van der Waals surface area (Å²) in [6, 6.07) is 0. The Morgan fingerprint density at radius 2 is 0.571 bits per heavy atom. The van der Waals surface area contributed by atoms with Crippen LogP contribution in [0.3, 0.4) is 0 Å². The third-order valence-corrected chi connectivity index (χ3v) is 17.2. The van der Waals surface area contributed by atoms with Gasteiger partial charge in [-0.2, -0.15) is 0 Å². The molecular formula is C69H139N5O3. The van der Waals surface area contributed by atoms with E-state index in [1.165, 1.54) is 295 Å². The fourth-order valence-electron chi connectivity index (χ4n) is 11.8. The van der Waals surface area contributed by atoms with Gasteiger partial charge in [-0.1, -0.05) is 311 Å². The van der Waals surface area contributed by atoms with Gasteiger partial charge < -0.3 is 26.2 Å². The predicted octanol–water partition coefficient (Wildman–Crippen LogP) is 19.5. The summed E-state index contributed by atoms with van der Waals surface area (Å²) < 4.78 is 0. The third-order valence-electron chi connectivity index (χ3n) is 17.2. The molecule has 0 aromatic rings. The van der Waals surface area contributed by atoms with Crippen LogP contribution in [0.4, 0.5) is 0 Å². The minimum absolute atomic E-state index is 0. The number of carbonyl (C=O) groups is 3. The summed E-state index contributed by atoms with van der Waals surface area (Å²) in [5, 5.41) is 12.8. The molecule has 0 heterocycles. The Kier molecular flexibility index (Phi) is 60.6. The molecule has 2 aliphatic rings. The van der Waals surface area contributed by atoms with Crippen LogP contribution in [-0.2, 0) is 14.4 Å². The fraction of sp³-hybridized carbons (Fsp3) is 0.957. The molecule has 8 heteroatoms. The highest BCUT2D eigenvalue weighted by molar-refractivity contribution is 5.77. The van der Waals surface area contributed by atoms with Gasteiger partial charge >= 0.3 is 0 Å². The van der Waals surface area contributed by atoms with E-state index in [-0.39, 0.29) is 25.1 Å². The van der Waals surface area contributed by atoms with E-state index in [4.69, 9.17) is 0 Å². The zero-order chi connectivity index (χ0) is 54.7. The van der Waals surface area contributed by atoms with Crippen molar-refractivity contribution in [3.8, 4) is 0 Å². The summed E-state index contributed by atoms with van der Waals surface area (Å²) in [6.45, 7) is 13.8. The smallest absolute Gasteiger partial charge is 0.221 e. The molecule has 0 radical (unpaired) electrons. The number of rotatable bonds is 57. The molecule has 4 N–H and O–H groups in total. The van der Waals surface area contributed by atoms with Crippen LogP contribution in [0.2, 0.25) is 0 Å². The van der Waals surface area contributed by atoms with Crippen molar-refractivity contribution in [2.24, 2.45) is 11.8 Å². The highest BCUT2D eigenvalue weighted by Gasteiger charge is 2.18. The molecule has 77 heavy (non-hydrogen) atoms. The molecule has 2 aliphatic carbocycles. The summed E-state index contributed by atoms with van der Waals surface area (Å²) in [4.78, 5) is 39.4. The van der Waals surface area contributed by atoms with Crippen molar-refractivity contribution in [1.82, 2.24) is 26.2 Å². The first-order chi connectivity index (χ1) is 37.5. The Labute approximate surface area is 482 Å². The maximum absolute atomic E-state index is 12.6. The molecule has 0 aromatic heterocycles. The second-order valence-electron chi connectivity index (χ2n) is 24.5. The van der Waals surface area contributed by atoms with Crippen LogP contribution in [-0.4, -0.2) is 75.0 Å². The van der Waals surface area contributed by atoms with E-state index < -0.39 is 0 Å². The number of carbonyl (C=O) groups excluding carboxylic acids is 3. The molecule has 0 saturated heterocycles. The molecule has 0 aromatic carbocycles. The quantitative estimate of drug-likeness (QED) is 0.0455. The van der Waals surface area contributed by atoms with Crippen LogP contribution in [0.1, 0.15) is 362 Å². The van der Waals surface area contributed by atoms with Crippen LogP contribution in [0, 0.1) is 11.8 Å². The molecule has 8 nitrogen and oxygen atoms in total. The van der Waals surface area contributed by atoms with Gasteiger partial charge in [-0.05, 0) is 57.0 Å². The van der Waals surface area contributed by atoms with Crippen LogP contribution < -0.4 is 21.3 Å². The van der Waals surface area contributed by atoms with E-state index in [1.54, 1.807) is 0 Å². The predicted molar refractivity (Wildman–Crippen MR) is 339 cm³/mol. The Balaban J connectivity index is 0.00000169. The lowest BCUT2D eigenvalue weighted by atomic mass is 10.0. The zero-order valence-corrected chi connectivity index (χ0v) is 51.8. The second kappa shape index (κ2) is 61.9. The van der Waals surface area contributed by atoms with Crippen molar-refractivity contribution in [3.63, 3.8) is 0 Å². The number of nitrogens with one attached hydrogen (secondary N) is 4. The number of nitrogens with zero attached hydrogens (tertiary/aromatic N) is 1. The van der Waals surface area contributed by atoms with Crippen molar-refractivity contribution < 1.29 is 14.4 Å². The molecule has 0 atom stereocenters. The number of hydrogen-bond acceptors (Lipinski definition) is 5. The van der Waals surface area contributed by atoms with E-state index in [1.807, 2.05) is 0 Å². The first-order valence-corrected chi connectivity index (χ1v) is 34.7. The average Bonchev–Trinajstić information content (AvgIpc) is 4.17. The monoisotopic (exact) mass is 1090 g/mol. The highest BCUT2D eigenvalue weighted by Crippen LogP contribution is 2.28. The van der Waals surface area contributed by atoms with Gasteiger partial charge in [0.2, 0.25) is 17.7 Å². The number of hydrogen-bond donors (Lipinski definition) is 4. The van der Waals surface area contributed by atoms with E-state index >= 15 is 0 Å². The molecule has 0 spiro atoms. The second-order valence-corrected chi connectivity index (χ2v) is 24.5. The minimum atomic E-state index is 0. The number of unbranched alkanes of at least 4 members (excludes halogenated alkanes) is 36. The Morgan fingerprint density at radius 1 is 0.312 bits per heavy atom. The van der Waals surface area contributed by atoms with Gasteiger partial charge in [0.05, 0.1) is 0 Å². The summed E-state index contributed by atoms with van der Waals surface area (Å²) in [5.41, 5.74) is 0. The van der Waals surface area contributed by atoms with Gasteiger partial charge in [-0.3, -0.25) is 14.4 Å². The van der Waals surface area contributed by atoms with Gasteiger partial charge in [-0.25, -0.2) is 0 Å². The highest BCUT2D eigenvalue weighted by atomic mass is 16.2.